The Bertz CT molecular complexity index is 977. The number of fused-ring (bicyclic) bond motifs is 1. The number of hydrogen-bond donors (Lipinski definition) is 0. The smallest absolute Gasteiger partial charge is 0.182 e. The monoisotopic (exact) mass is 346 g/mol. The van der Waals surface area contributed by atoms with Crippen LogP contribution in [0.5, 0.6) is 0 Å². The van der Waals surface area contributed by atoms with Crippen LogP contribution in [0.15, 0.2) is 48.5 Å². The molecule has 0 N–H and O–H groups in total. The van der Waals surface area contributed by atoms with Gasteiger partial charge in [-0.1, -0.05) is 58.8 Å². The molecule has 108 valence electrons. The van der Waals surface area contributed by atoms with E-state index < -0.39 is 0 Å². The van der Waals surface area contributed by atoms with E-state index in [1.807, 2.05) is 48.5 Å². The zero-order valence-electron chi connectivity index (χ0n) is 11.1. The summed E-state index contributed by atoms with van der Waals surface area (Å²) in [5, 5.41) is 15.1. The van der Waals surface area contributed by atoms with Crippen molar-refractivity contribution in [2.24, 2.45) is 0 Å². The van der Waals surface area contributed by atoms with Crippen molar-refractivity contribution in [2.45, 2.75) is 0 Å². The summed E-state index contributed by atoms with van der Waals surface area (Å²) >= 11 is 13.7. The molecule has 22 heavy (non-hydrogen) atoms. The summed E-state index contributed by atoms with van der Waals surface area (Å²) in [6.07, 6.45) is 0. The van der Waals surface area contributed by atoms with Crippen molar-refractivity contribution >= 4 is 39.5 Å². The van der Waals surface area contributed by atoms with Gasteiger partial charge in [0.15, 0.2) is 5.82 Å². The van der Waals surface area contributed by atoms with Gasteiger partial charge < -0.3 is 0 Å². The molecule has 2 aromatic carbocycles. The molecule has 2 heterocycles. The lowest BCUT2D eigenvalue weighted by Gasteiger charge is -1.99. The van der Waals surface area contributed by atoms with Crippen molar-refractivity contribution in [3.05, 3.63) is 58.6 Å². The van der Waals surface area contributed by atoms with Gasteiger partial charge in [-0.15, -0.1) is 10.2 Å². The van der Waals surface area contributed by atoms with Crippen LogP contribution in [0.25, 0.3) is 26.9 Å². The maximum atomic E-state index is 6.24. The first-order valence-corrected chi connectivity index (χ1v) is 8.03. The fourth-order valence-electron chi connectivity index (χ4n) is 2.17. The van der Waals surface area contributed by atoms with Crippen LogP contribution in [0, 0.1) is 0 Å². The number of benzene rings is 2. The van der Waals surface area contributed by atoms with E-state index in [0.717, 1.165) is 16.1 Å². The molecule has 0 aliphatic rings. The van der Waals surface area contributed by atoms with Gasteiger partial charge in [0, 0.05) is 16.1 Å². The summed E-state index contributed by atoms with van der Waals surface area (Å²) < 4.78 is 1.71. The molecule has 0 saturated heterocycles. The second kappa shape index (κ2) is 5.35. The van der Waals surface area contributed by atoms with Gasteiger partial charge in [0.25, 0.3) is 0 Å². The van der Waals surface area contributed by atoms with Crippen molar-refractivity contribution in [3.63, 3.8) is 0 Å². The summed E-state index contributed by atoms with van der Waals surface area (Å²) in [4.78, 5) is 0.713. The zero-order chi connectivity index (χ0) is 15.1. The number of hydrogen-bond acceptors (Lipinski definition) is 4. The molecule has 4 aromatic rings. The van der Waals surface area contributed by atoms with E-state index in [-0.39, 0.29) is 0 Å². The highest BCUT2D eigenvalue weighted by atomic mass is 35.5. The van der Waals surface area contributed by atoms with Crippen LogP contribution in [0.4, 0.5) is 0 Å². The van der Waals surface area contributed by atoms with Crippen molar-refractivity contribution in [2.75, 3.05) is 0 Å². The fraction of sp³-hybridized carbons (Fsp3) is 0. The molecule has 0 aliphatic heterocycles. The topological polar surface area (TPSA) is 43.1 Å². The maximum absolute atomic E-state index is 6.24. The van der Waals surface area contributed by atoms with Crippen LogP contribution >= 0.6 is 34.5 Å². The molecular weight excluding hydrogens is 339 g/mol. The van der Waals surface area contributed by atoms with E-state index in [0.29, 0.717) is 20.8 Å². The van der Waals surface area contributed by atoms with E-state index >= 15 is 0 Å². The molecule has 0 unspecified atom stereocenters. The van der Waals surface area contributed by atoms with Crippen LogP contribution in [-0.2, 0) is 0 Å². The Morgan fingerprint density at radius 1 is 0.955 bits per heavy atom. The highest BCUT2D eigenvalue weighted by Gasteiger charge is 2.16. The fourth-order valence-corrected chi connectivity index (χ4v) is 3.41. The minimum atomic E-state index is 0.620. The molecule has 2 aromatic heterocycles. The lowest BCUT2D eigenvalue weighted by atomic mass is 10.2. The highest BCUT2D eigenvalue weighted by molar-refractivity contribution is 7.19. The van der Waals surface area contributed by atoms with Gasteiger partial charge in [-0.2, -0.15) is 9.61 Å². The number of rotatable bonds is 2. The average Bonchev–Trinajstić information content (AvgIpc) is 3.08. The molecule has 0 aliphatic carbocycles. The SMILES string of the molecule is Clc1cccc(-c2nn3c(-c4ccccc4Cl)nnc3s2)c1. The summed E-state index contributed by atoms with van der Waals surface area (Å²) in [5.74, 6) is 0.630. The van der Waals surface area contributed by atoms with Gasteiger partial charge in [-0.05, 0) is 24.3 Å². The average molecular weight is 347 g/mol. The molecule has 0 spiro atoms. The van der Waals surface area contributed by atoms with Crippen LogP contribution < -0.4 is 0 Å². The summed E-state index contributed by atoms with van der Waals surface area (Å²) in [6.45, 7) is 0. The highest BCUT2D eigenvalue weighted by Crippen LogP contribution is 2.31. The molecular formula is C15H8Cl2N4S. The van der Waals surface area contributed by atoms with Crippen molar-refractivity contribution < 1.29 is 0 Å². The Morgan fingerprint density at radius 3 is 2.64 bits per heavy atom. The van der Waals surface area contributed by atoms with Crippen LogP contribution in [0.3, 0.4) is 0 Å². The molecule has 0 fully saturated rings. The van der Waals surface area contributed by atoms with Crippen molar-refractivity contribution in [1.82, 2.24) is 19.8 Å². The van der Waals surface area contributed by atoms with Crippen molar-refractivity contribution in [1.29, 1.82) is 0 Å². The standard InChI is InChI=1S/C15H8Cl2N4S/c16-10-5-3-4-9(8-10)14-20-21-13(18-19-15(21)22-14)11-6-1-2-7-12(11)17/h1-8H. The van der Waals surface area contributed by atoms with Crippen LogP contribution in [0.2, 0.25) is 10.0 Å². The van der Waals surface area contributed by atoms with E-state index in [4.69, 9.17) is 23.2 Å². The molecule has 4 rings (SSSR count). The Morgan fingerprint density at radius 2 is 1.82 bits per heavy atom. The normalized spacial score (nSPS) is 11.2. The first kappa shape index (κ1) is 13.7. The third-order valence-corrected chi connectivity index (χ3v) is 4.69. The van der Waals surface area contributed by atoms with Gasteiger partial charge in [0.1, 0.15) is 5.01 Å². The first-order valence-electron chi connectivity index (χ1n) is 6.45. The lowest BCUT2D eigenvalue weighted by molar-refractivity contribution is 0.971. The van der Waals surface area contributed by atoms with Gasteiger partial charge in [-0.25, -0.2) is 0 Å². The first-order chi connectivity index (χ1) is 10.7. The third-order valence-electron chi connectivity index (χ3n) is 3.18. The van der Waals surface area contributed by atoms with E-state index in [1.54, 1.807) is 4.52 Å². The van der Waals surface area contributed by atoms with Crippen molar-refractivity contribution in [3.8, 4) is 22.0 Å². The van der Waals surface area contributed by atoms with E-state index in [1.165, 1.54) is 11.3 Å². The number of halogens is 2. The lowest BCUT2D eigenvalue weighted by Crippen LogP contribution is -1.91. The van der Waals surface area contributed by atoms with E-state index in [9.17, 15) is 0 Å². The molecule has 7 heteroatoms. The Labute approximate surface area is 140 Å². The minimum Gasteiger partial charge on any atom is -0.182 e. The molecule has 4 nitrogen and oxygen atoms in total. The van der Waals surface area contributed by atoms with Gasteiger partial charge >= 0.3 is 0 Å². The Balaban J connectivity index is 1.88. The molecule has 0 amide bonds. The number of nitrogens with zero attached hydrogens (tertiary/aromatic N) is 4. The molecule has 0 atom stereocenters. The summed E-state index contributed by atoms with van der Waals surface area (Å²) in [6, 6.07) is 15.1. The maximum Gasteiger partial charge on any atom is 0.235 e. The summed E-state index contributed by atoms with van der Waals surface area (Å²) in [5.41, 5.74) is 1.76. The molecule has 0 saturated carbocycles. The summed E-state index contributed by atoms with van der Waals surface area (Å²) in [7, 11) is 0. The van der Waals surface area contributed by atoms with Gasteiger partial charge in [-0.3, -0.25) is 0 Å². The Hall–Kier alpha value is -1.95. The second-order valence-electron chi connectivity index (χ2n) is 4.62. The largest absolute Gasteiger partial charge is 0.235 e. The van der Waals surface area contributed by atoms with Gasteiger partial charge in [0.05, 0.1) is 5.02 Å². The molecule has 0 radical (unpaired) electrons. The Kier molecular flexibility index (Phi) is 3.33. The second-order valence-corrected chi connectivity index (χ2v) is 6.41. The van der Waals surface area contributed by atoms with Crippen LogP contribution in [-0.4, -0.2) is 19.8 Å². The van der Waals surface area contributed by atoms with E-state index in [2.05, 4.69) is 15.3 Å². The molecule has 0 bridgehead atoms. The van der Waals surface area contributed by atoms with Gasteiger partial charge in [0.2, 0.25) is 4.96 Å². The predicted octanol–water partition coefficient (Wildman–Crippen LogP) is 4.83. The zero-order valence-corrected chi connectivity index (χ0v) is 13.4. The predicted molar refractivity (Wildman–Crippen MR) is 89.6 cm³/mol. The third kappa shape index (κ3) is 2.27. The van der Waals surface area contributed by atoms with Crippen LogP contribution in [0.1, 0.15) is 0 Å². The minimum absolute atomic E-state index is 0.620. The quantitative estimate of drug-likeness (QED) is 0.522. The number of aromatic nitrogens is 4.